The summed E-state index contributed by atoms with van der Waals surface area (Å²) in [5.74, 6) is 0.703. The van der Waals surface area contributed by atoms with Crippen molar-refractivity contribution in [3.8, 4) is 0 Å². The Labute approximate surface area is 119 Å². The van der Waals surface area contributed by atoms with Crippen molar-refractivity contribution in [2.75, 3.05) is 26.7 Å². The Morgan fingerprint density at radius 3 is 2.95 bits per heavy atom. The predicted molar refractivity (Wildman–Crippen MR) is 78.7 cm³/mol. The molecule has 106 valence electrons. The van der Waals surface area contributed by atoms with Gasteiger partial charge in [0.05, 0.1) is 10.7 Å². The van der Waals surface area contributed by atoms with Crippen LogP contribution in [0, 0.1) is 13.8 Å². The van der Waals surface area contributed by atoms with Crippen LogP contribution < -0.4 is 5.32 Å². The largest absolute Gasteiger partial charge is 0.342 e. The minimum Gasteiger partial charge on any atom is -0.342 e. The van der Waals surface area contributed by atoms with Gasteiger partial charge in [0.1, 0.15) is 0 Å². The smallest absolute Gasteiger partial charge is 0.223 e. The van der Waals surface area contributed by atoms with Crippen LogP contribution in [0.4, 0.5) is 0 Å². The highest BCUT2D eigenvalue weighted by molar-refractivity contribution is 7.11. The molecule has 0 saturated carbocycles. The normalized spacial score (nSPS) is 19.7. The molecule has 0 bridgehead atoms. The molecule has 0 aliphatic carbocycles. The summed E-state index contributed by atoms with van der Waals surface area (Å²) in [6, 6.07) is 0. The number of carbonyl (C=O) groups is 1. The number of thiazole rings is 1. The number of amides is 1. The second kappa shape index (κ2) is 6.48. The molecular formula is C14H23N3OS. The van der Waals surface area contributed by atoms with Crippen molar-refractivity contribution in [3.05, 3.63) is 15.6 Å². The second-order valence-corrected chi connectivity index (χ2v) is 6.46. The van der Waals surface area contributed by atoms with E-state index in [0.29, 0.717) is 12.3 Å². The van der Waals surface area contributed by atoms with Crippen molar-refractivity contribution in [1.29, 1.82) is 0 Å². The highest BCUT2D eigenvalue weighted by atomic mass is 32.1. The fraction of sp³-hybridized carbons (Fsp3) is 0.714. The number of carbonyl (C=O) groups excluding carboxylic acids is 1. The van der Waals surface area contributed by atoms with E-state index in [4.69, 9.17) is 0 Å². The van der Waals surface area contributed by atoms with Crippen molar-refractivity contribution in [2.45, 2.75) is 39.0 Å². The first-order valence-corrected chi connectivity index (χ1v) is 7.79. The van der Waals surface area contributed by atoms with Crippen LogP contribution in [-0.4, -0.2) is 42.5 Å². The number of piperidine rings is 1. The molecule has 2 heterocycles. The molecule has 1 fully saturated rings. The lowest BCUT2D eigenvalue weighted by atomic mass is 9.98. The van der Waals surface area contributed by atoms with Crippen molar-refractivity contribution >= 4 is 17.2 Å². The lowest BCUT2D eigenvalue weighted by Gasteiger charge is -2.32. The molecule has 1 aliphatic heterocycles. The predicted octanol–water partition coefficient (Wildman–Crippen LogP) is 2.08. The van der Waals surface area contributed by atoms with E-state index in [1.807, 2.05) is 11.9 Å². The van der Waals surface area contributed by atoms with Gasteiger partial charge < -0.3 is 10.2 Å². The molecule has 1 N–H and O–H groups in total. The molecule has 1 unspecified atom stereocenters. The summed E-state index contributed by atoms with van der Waals surface area (Å²) < 4.78 is 0. The molecule has 4 nitrogen and oxygen atoms in total. The number of nitrogens with one attached hydrogen (secondary N) is 1. The van der Waals surface area contributed by atoms with Crippen molar-refractivity contribution in [2.24, 2.45) is 0 Å². The molecule has 0 aromatic carbocycles. The third-order valence-electron chi connectivity index (χ3n) is 3.76. The first-order chi connectivity index (χ1) is 9.11. The Balaban J connectivity index is 1.98. The first-order valence-electron chi connectivity index (χ1n) is 6.98. The van der Waals surface area contributed by atoms with E-state index in [2.05, 4.69) is 24.1 Å². The lowest BCUT2D eigenvalue weighted by molar-refractivity contribution is -0.132. The Hall–Kier alpha value is -0.940. The summed E-state index contributed by atoms with van der Waals surface area (Å²) in [5, 5.41) is 4.24. The van der Waals surface area contributed by atoms with E-state index in [1.165, 1.54) is 9.88 Å². The minimum atomic E-state index is 0.268. The van der Waals surface area contributed by atoms with Gasteiger partial charge in [0.15, 0.2) is 0 Å². The van der Waals surface area contributed by atoms with E-state index >= 15 is 0 Å². The molecule has 0 spiro atoms. The van der Waals surface area contributed by atoms with E-state index in [0.717, 1.165) is 38.2 Å². The van der Waals surface area contributed by atoms with Crippen LogP contribution in [0.1, 0.15) is 40.8 Å². The average molecular weight is 281 g/mol. The molecule has 1 aromatic heterocycles. The zero-order valence-corrected chi connectivity index (χ0v) is 12.8. The Bertz CT molecular complexity index is 424. The maximum Gasteiger partial charge on any atom is 0.223 e. The molecule has 2 rings (SSSR count). The number of aryl methyl sites for hydroxylation is 2. The number of likely N-dealkylation sites (tertiary alicyclic amines) is 1. The first kappa shape index (κ1) is 14.5. The van der Waals surface area contributed by atoms with Crippen molar-refractivity contribution < 1.29 is 4.79 Å². The fourth-order valence-corrected chi connectivity index (χ4v) is 3.52. The van der Waals surface area contributed by atoms with Gasteiger partial charge in [-0.2, -0.15) is 0 Å². The van der Waals surface area contributed by atoms with Gasteiger partial charge in [0.25, 0.3) is 0 Å². The molecule has 1 saturated heterocycles. The van der Waals surface area contributed by atoms with Gasteiger partial charge >= 0.3 is 0 Å². The average Bonchev–Trinajstić information content (AvgIpc) is 2.76. The number of hydrogen-bond acceptors (Lipinski definition) is 4. The highest BCUT2D eigenvalue weighted by Gasteiger charge is 2.26. The molecule has 1 atom stereocenters. The van der Waals surface area contributed by atoms with E-state index in [-0.39, 0.29) is 5.91 Å². The Morgan fingerprint density at radius 1 is 1.53 bits per heavy atom. The van der Waals surface area contributed by atoms with Gasteiger partial charge in [-0.1, -0.05) is 0 Å². The summed E-state index contributed by atoms with van der Waals surface area (Å²) in [6.45, 7) is 6.69. The topological polar surface area (TPSA) is 45.2 Å². The molecular weight excluding hydrogens is 258 g/mol. The summed E-state index contributed by atoms with van der Waals surface area (Å²) in [6.07, 6.45) is 2.84. The molecule has 1 aliphatic rings. The standard InChI is InChI=1S/C14H23N3OS/c1-10-11(2)19-14(16-10)12-5-4-8-17(9-12)13(18)6-7-15-3/h12,15H,4-9H2,1-3H3. The maximum absolute atomic E-state index is 12.1. The van der Waals surface area contributed by atoms with Crippen LogP contribution in [0.25, 0.3) is 0 Å². The van der Waals surface area contributed by atoms with E-state index in [9.17, 15) is 4.79 Å². The summed E-state index contributed by atoms with van der Waals surface area (Å²) in [4.78, 5) is 20.0. The number of hydrogen-bond donors (Lipinski definition) is 1. The third kappa shape index (κ3) is 3.54. The van der Waals surface area contributed by atoms with Gasteiger partial charge in [0.2, 0.25) is 5.91 Å². The third-order valence-corrected chi connectivity index (χ3v) is 4.99. The molecule has 5 heteroatoms. The quantitative estimate of drug-likeness (QED) is 0.919. The zero-order chi connectivity index (χ0) is 13.8. The molecule has 1 aromatic rings. The summed E-state index contributed by atoms with van der Waals surface area (Å²) in [7, 11) is 1.88. The van der Waals surface area contributed by atoms with Gasteiger partial charge in [0, 0.05) is 36.9 Å². The van der Waals surface area contributed by atoms with Gasteiger partial charge in [-0.05, 0) is 33.7 Å². The number of nitrogens with zero attached hydrogens (tertiary/aromatic N) is 2. The number of aromatic nitrogens is 1. The van der Waals surface area contributed by atoms with Gasteiger partial charge in [-0.15, -0.1) is 11.3 Å². The van der Waals surface area contributed by atoms with Crippen LogP contribution in [0.3, 0.4) is 0 Å². The van der Waals surface area contributed by atoms with Crippen molar-refractivity contribution in [3.63, 3.8) is 0 Å². The lowest BCUT2D eigenvalue weighted by Crippen LogP contribution is -2.40. The van der Waals surface area contributed by atoms with Gasteiger partial charge in [-0.3, -0.25) is 4.79 Å². The molecule has 1 amide bonds. The molecule has 19 heavy (non-hydrogen) atoms. The van der Waals surface area contributed by atoms with E-state index in [1.54, 1.807) is 11.3 Å². The van der Waals surface area contributed by atoms with Crippen LogP contribution >= 0.6 is 11.3 Å². The van der Waals surface area contributed by atoms with E-state index < -0.39 is 0 Å². The highest BCUT2D eigenvalue weighted by Crippen LogP contribution is 2.31. The zero-order valence-electron chi connectivity index (χ0n) is 12.0. The maximum atomic E-state index is 12.1. The summed E-state index contributed by atoms with van der Waals surface area (Å²) >= 11 is 1.79. The van der Waals surface area contributed by atoms with Crippen LogP contribution in [-0.2, 0) is 4.79 Å². The van der Waals surface area contributed by atoms with Crippen LogP contribution in [0.5, 0.6) is 0 Å². The monoisotopic (exact) mass is 281 g/mol. The molecule has 0 radical (unpaired) electrons. The SMILES string of the molecule is CNCCC(=O)N1CCCC(c2nc(C)c(C)s2)C1. The Morgan fingerprint density at radius 2 is 2.32 bits per heavy atom. The minimum absolute atomic E-state index is 0.268. The van der Waals surface area contributed by atoms with Crippen LogP contribution in [0.15, 0.2) is 0 Å². The summed E-state index contributed by atoms with van der Waals surface area (Å²) in [5.41, 5.74) is 1.14. The van der Waals surface area contributed by atoms with Gasteiger partial charge in [-0.25, -0.2) is 4.98 Å². The second-order valence-electron chi connectivity index (χ2n) is 5.23. The van der Waals surface area contributed by atoms with Crippen molar-refractivity contribution in [1.82, 2.24) is 15.2 Å². The Kier molecular flexibility index (Phi) is 4.93. The fourth-order valence-electron chi connectivity index (χ4n) is 2.47. The number of rotatable bonds is 4. The van der Waals surface area contributed by atoms with Crippen LogP contribution in [0.2, 0.25) is 0 Å².